The molecule has 3 aromatic carbocycles. The molecule has 2 N–H and O–H groups in total. The molecule has 0 spiro atoms. The van der Waals surface area contributed by atoms with Gasteiger partial charge in [-0.25, -0.2) is 8.42 Å². The van der Waals surface area contributed by atoms with Crippen molar-refractivity contribution < 1.29 is 26.7 Å². The first kappa shape index (κ1) is 28.0. The van der Waals surface area contributed by atoms with Crippen LogP contribution in [0.25, 0.3) is 0 Å². The lowest BCUT2D eigenvalue weighted by Gasteiger charge is -2.27. The summed E-state index contributed by atoms with van der Waals surface area (Å²) in [5.74, 6) is 0. The summed E-state index contributed by atoms with van der Waals surface area (Å²) in [7, 11) is -4.01. The average Bonchev–Trinajstić information content (AvgIpc) is 2.84. The van der Waals surface area contributed by atoms with Crippen LogP contribution in [0.2, 0.25) is 0 Å². The highest BCUT2D eigenvalue weighted by atomic mass is 32.2. The fourth-order valence-electron chi connectivity index (χ4n) is 3.65. The summed E-state index contributed by atoms with van der Waals surface area (Å²) >= 11 is 4.34. The maximum absolute atomic E-state index is 13.4. The highest BCUT2D eigenvalue weighted by Crippen LogP contribution is 2.32. The minimum atomic E-state index is -4.52. The van der Waals surface area contributed by atoms with Gasteiger partial charge in [-0.1, -0.05) is 30.3 Å². The molecule has 5 nitrogen and oxygen atoms in total. The Morgan fingerprint density at radius 1 is 1.03 bits per heavy atom. The van der Waals surface area contributed by atoms with Crippen LogP contribution in [0.5, 0.6) is 0 Å². The van der Waals surface area contributed by atoms with Gasteiger partial charge in [-0.15, -0.1) is 12.6 Å². The van der Waals surface area contributed by atoms with Crippen molar-refractivity contribution in [1.29, 1.82) is 0 Å². The summed E-state index contributed by atoms with van der Waals surface area (Å²) in [5, 5.41) is 13.7. The van der Waals surface area contributed by atoms with Crippen molar-refractivity contribution in [1.82, 2.24) is 5.32 Å². The summed E-state index contributed by atoms with van der Waals surface area (Å²) in [4.78, 5) is 0.874. The standard InChI is InChI=1S/C26H29F3N2O3S2/c1-18-16-20(8-13-25(18)35)24(32)17-30-19(2)14-15-31(36(33,34)23-6-4-3-5-7-23)22-11-9-21(10-12-22)26(27,28)29/h3-13,16,19,24,30,32,35H,14-15,17H2,1-2H3. The molecular formula is C26H29F3N2O3S2. The van der Waals surface area contributed by atoms with Gasteiger partial charge in [-0.2, -0.15) is 13.2 Å². The summed E-state index contributed by atoms with van der Waals surface area (Å²) < 4.78 is 66.9. The van der Waals surface area contributed by atoms with Crippen molar-refractivity contribution in [3.63, 3.8) is 0 Å². The van der Waals surface area contributed by atoms with Crippen LogP contribution in [0.4, 0.5) is 18.9 Å². The minimum Gasteiger partial charge on any atom is -0.387 e. The van der Waals surface area contributed by atoms with E-state index in [2.05, 4.69) is 17.9 Å². The van der Waals surface area contributed by atoms with Crippen LogP contribution >= 0.6 is 12.6 Å². The van der Waals surface area contributed by atoms with E-state index in [0.717, 1.165) is 32.5 Å². The maximum atomic E-state index is 13.4. The number of alkyl halides is 3. The molecule has 10 heteroatoms. The second kappa shape index (κ2) is 11.7. The Morgan fingerprint density at radius 2 is 1.67 bits per heavy atom. The third-order valence-corrected chi connectivity index (χ3v) is 8.19. The molecule has 0 fully saturated rings. The van der Waals surface area contributed by atoms with Gasteiger partial charge in [0.1, 0.15) is 0 Å². The van der Waals surface area contributed by atoms with Gasteiger partial charge in [0, 0.05) is 24.0 Å². The highest BCUT2D eigenvalue weighted by Gasteiger charge is 2.31. The summed E-state index contributed by atoms with van der Waals surface area (Å²) in [5.41, 5.74) is 0.971. The van der Waals surface area contributed by atoms with Gasteiger partial charge in [0.25, 0.3) is 10.0 Å². The third-order valence-electron chi connectivity index (χ3n) is 5.84. The van der Waals surface area contributed by atoms with E-state index in [1.807, 2.05) is 26.0 Å². The monoisotopic (exact) mass is 538 g/mol. The molecule has 0 aliphatic heterocycles. The van der Waals surface area contributed by atoms with E-state index in [1.54, 1.807) is 24.3 Å². The van der Waals surface area contributed by atoms with Crippen LogP contribution in [0, 0.1) is 6.92 Å². The van der Waals surface area contributed by atoms with Crippen molar-refractivity contribution in [2.45, 2.75) is 48.4 Å². The molecule has 0 aromatic heterocycles. The quantitative estimate of drug-likeness (QED) is 0.294. The van der Waals surface area contributed by atoms with Crippen LogP contribution in [0.15, 0.2) is 82.6 Å². The number of anilines is 1. The zero-order valence-electron chi connectivity index (χ0n) is 19.9. The molecule has 0 amide bonds. The number of thiol groups is 1. The highest BCUT2D eigenvalue weighted by molar-refractivity contribution is 7.92. The molecule has 36 heavy (non-hydrogen) atoms. The number of rotatable bonds is 10. The van der Waals surface area contributed by atoms with Crippen LogP contribution < -0.4 is 9.62 Å². The van der Waals surface area contributed by atoms with E-state index >= 15 is 0 Å². The van der Waals surface area contributed by atoms with Crippen LogP contribution in [-0.2, 0) is 16.2 Å². The molecule has 3 aromatic rings. The zero-order chi connectivity index (χ0) is 26.5. The van der Waals surface area contributed by atoms with E-state index in [4.69, 9.17) is 0 Å². The third kappa shape index (κ3) is 7.03. The topological polar surface area (TPSA) is 69.6 Å². The molecule has 0 aliphatic carbocycles. The first-order valence-electron chi connectivity index (χ1n) is 11.4. The number of hydrogen-bond acceptors (Lipinski definition) is 5. The minimum absolute atomic E-state index is 0.0281. The van der Waals surface area contributed by atoms with Gasteiger partial charge in [-0.3, -0.25) is 4.31 Å². The average molecular weight is 539 g/mol. The molecular weight excluding hydrogens is 509 g/mol. The molecule has 0 aliphatic rings. The number of halogens is 3. The number of nitrogens with one attached hydrogen (secondary N) is 1. The maximum Gasteiger partial charge on any atom is 0.416 e. The molecule has 0 saturated heterocycles. The van der Waals surface area contributed by atoms with Crippen molar-refractivity contribution in [3.05, 3.63) is 89.5 Å². The number of hydrogen-bond donors (Lipinski definition) is 3. The van der Waals surface area contributed by atoms with Crippen molar-refractivity contribution in [3.8, 4) is 0 Å². The van der Waals surface area contributed by atoms with Crippen molar-refractivity contribution in [2.24, 2.45) is 0 Å². The SMILES string of the molecule is Cc1cc(C(O)CNC(C)CCN(c2ccc(C(F)(F)F)cc2)S(=O)(=O)c2ccccc2)ccc1S. The number of sulfonamides is 1. The van der Waals surface area contributed by atoms with Gasteiger partial charge < -0.3 is 10.4 Å². The molecule has 0 heterocycles. The molecule has 0 radical (unpaired) electrons. The van der Waals surface area contributed by atoms with E-state index < -0.39 is 27.9 Å². The Kier molecular flexibility index (Phi) is 9.10. The van der Waals surface area contributed by atoms with E-state index in [9.17, 15) is 26.7 Å². The van der Waals surface area contributed by atoms with Crippen molar-refractivity contribution in [2.75, 3.05) is 17.4 Å². The molecule has 0 saturated carbocycles. The Balaban J connectivity index is 1.74. The van der Waals surface area contributed by atoms with E-state index in [-0.39, 0.29) is 29.7 Å². The first-order valence-corrected chi connectivity index (χ1v) is 13.2. The number of benzene rings is 3. The van der Waals surface area contributed by atoms with Gasteiger partial charge in [-0.05, 0) is 73.9 Å². The lowest BCUT2D eigenvalue weighted by atomic mass is 10.1. The Labute approximate surface area is 215 Å². The number of nitrogens with zero attached hydrogens (tertiary/aromatic N) is 1. The van der Waals surface area contributed by atoms with Gasteiger partial charge in [0.2, 0.25) is 0 Å². The van der Waals surface area contributed by atoms with E-state index in [0.29, 0.717) is 6.42 Å². The first-order chi connectivity index (χ1) is 16.9. The molecule has 3 rings (SSSR count). The summed E-state index contributed by atoms with van der Waals surface area (Å²) in [6.07, 6.45) is -4.93. The largest absolute Gasteiger partial charge is 0.416 e. The van der Waals surface area contributed by atoms with Gasteiger partial charge in [0.05, 0.1) is 22.3 Å². The van der Waals surface area contributed by atoms with Gasteiger partial charge >= 0.3 is 6.18 Å². The fraction of sp³-hybridized carbons (Fsp3) is 0.308. The van der Waals surface area contributed by atoms with Crippen molar-refractivity contribution >= 4 is 28.3 Å². The van der Waals surface area contributed by atoms with E-state index in [1.165, 1.54) is 24.3 Å². The molecule has 0 bridgehead atoms. The normalized spacial score (nSPS) is 13.9. The Morgan fingerprint density at radius 3 is 2.25 bits per heavy atom. The smallest absolute Gasteiger partial charge is 0.387 e. The van der Waals surface area contributed by atoms with Crippen LogP contribution in [0.1, 0.15) is 36.1 Å². The lowest BCUT2D eigenvalue weighted by Crippen LogP contribution is -2.37. The predicted octanol–water partition coefficient (Wildman–Crippen LogP) is 5.60. The Bertz CT molecular complexity index is 1250. The molecule has 2 unspecified atom stereocenters. The fourth-order valence-corrected chi connectivity index (χ4v) is 5.29. The van der Waals surface area contributed by atoms with Crippen LogP contribution in [0.3, 0.4) is 0 Å². The second-order valence-corrected chi connectivity index (χ2v) is 10.9. The molecule has 194 valence electrons. The lowest BCUT2D eigenvalue weighted by molar-refractivity contribution is -0.137. The second-order valence-electron chi connectivity index (χ2n) is 8.59. The Hall–Kier alpha value is -2.53. The predicted molar refractivity (Wildman–Crippen MR) is 138 cm³/mol. The van der Waals surface area contributed by atoms with Crippen LogP contribution in [-0.4, -0.2) is 32.7 Å². The summed E-state index contributed by atoms with van der Waals surface area (Å²) in [6, 6.07) is 17.1. The number of aliphatic hydroxyl groups excluding tert-OH is 1. The molecule has 2 atom stereocenters. The van der Waals surface area contributed by atoms with Gasteiger partial charge in [0.15, 0.2) is 0 Å². The number of aryl methyl sites for hydroxylation is 1. The summed E-state index contributed by atoms with van der Waals surface area (Å²) in [6.45, 7) is 4.03. The number of aliphatic hydroxyl groups is 1. The zero-order valence-corrected chi connectivity index (χ0v) is 21.6.